The highest BCUT2D eigenvalue weighted by molar-refractivity contribution is 5.96. The molecule has 0 bridgehead atoms. The van der Waals surface area contributed by atoms with Crippen LogP contribution < -0.4 is 10.6 Å². The predicted octanol–water partition coefficient (Wildman–Crippen LogP) is 2.21. The van der Waals surface area contributed by atoms with Gasteiger partial charge >= 0.3 is 0 Å². The molecule has 0 unspecified atom stereocenters. The van der Waals surface area contributed by atoms with Gasteiger partial charge < -0.3 is 15.4 Å². The molecule has 0 spiro atoms. The van der Waals surface area contributed by atoms with Gasteiger partial charge in [0.15, 0.2) is 0 Å². The largest absolute Gasteiger partial charge is 0.381 e. The summed E-state index contributed by atoms with van der Waals surface area (Å²) in [5.41, 5.74) is 2.77. The number of carbonyl (C=O) groups excluding carboxylic acids is 2. The van der Waals surface area contributed by atoms with Crippen molar-refractivity contribution in [1.82, 2.24) is 10.6 Å². The molecule has 1 aromatic carbocycles. The number of amides is 2. The van der Waals surface area contributed by atoms with E-state index in [0.29, 0.717) is 24.6 Å². The van der Waals surface area contributed by atoms with Crippen molar-refractivity contribution in [3.05, 3.63) is 34.9 Å². The third-order valence-corrected chi connectivity index (χ3v) is 3.42. The Hall–Kier alpha value is -1.88. The van der Waals surface area contributed by atoms with E-state index in [-0.39, 0.29) is 18.4 Å². The van der Waals surface area contributed by atoms with E-state index in [1.54, 1.807) is 6.07 Å². The maximum absolute atomic E-state index is 12.0. The van der Waals surface area contributed by atoms with E-state index in [9.17, 15) is 9.59 Å². The van der Waals surface area contributed by atoms with Crippen LogP contribution in [0.1, 0.15) is 41.8 Å². The Balaban J connectivity index is 2.20. The zero-order valence-corrected chi connectivity index (χ0v) is 14.6. The minimum Gasteiger partial charge on any atom is -0.381 e. The summed E-state index contributed by atoms with van der Waals surface area (Å²) in [5, 5.41) is 5.39. The highest BCUT2D eigenvalue weighted by Crippen LogP contribution is 2.09. The Morgan fingerprint density at radius 3 is 2.52 bits per heavy atom. The van der Waals surface area contributed by atoms with Gasteiger partial charge in [-0.25, -0.2) is 0 Å². The molecule has 1 aromatic rings. The summed E-state index contributed by atoms with van der Waals surface area (Å²) in [6, 6.07) is 5.50. The van der Waals surface area contributed by atoms with Gasteiger partial charge in [-0.3, -0.25) is 9.59 Å². The fraction of sp³-hybridized carbons (Fsp3) is 0.556. The highest BCUT2D eigenvalue weighted by Gasteiger charge is 2.08. The fourth-order valence-corrected chi connectivity index (χ4v) is 1.93. The lowest BCUT2D eigenvalue weighted by molar-refractivity contribution is -0.120. The van der Waals surface area contributed by atoms with Crippen LogP contribution in [0.2, 0.25) is 0 Å². The Labute approximate surface area is 138 Å². The molecule has 0 saturated carbocycles. The Morgan fingerprint density at radius 1 is 1.13 bits per heavy atom. The maximum atomic E-state index is 12.0. The summed E-state index contributed by atoms with van der Waals surface area (Å²) in [6.45, 7) is 10.1. The van der Waals surface area contributed by atoms with Crippen LogP contribution in [0.25, 0.3) is 0 Å². The van der Waals surface area contributed by atoms with Crippen LogP contribution in [-0.4, -0.2) is 38.1 Å². The molecule has 0 aliphatic heterocycles. The second kappa shape index (κ2) is 10.0. The normalized spacial score (nSPS) is 10.7. The van der Waals surface area contributed by atoms with Gasteiger partial charge in [-0.1, -0.05) is 19.9 Å². The van der Waals surface area contributed by atoms with Gasteiger partial charge in [-0.05, 0) is 49.4 Å². The summed E-state index contributed by atoms with van der Waals surface area (Å²) < 4.78 is 5.43. The molecule has 0 saturated heterocycles. The molecule has 128 valence electrons. The van der Waals surface area contributed by atoms with Crippen molar-refractivity contribution in [2.45, 2.75) is 34.1 Å². The van der Waals surface area contributed by atoms with Gasteiger partial charge in [0.25, 0.3) is 5.91 Å². The molecule has 1 rings (SSSR count). The van der Waals surface area contributed by atoms with E-state index in [1.807, 2.05) is 26.0 Å². The third-order valence-electron chi connectivity index (χ3n) is 3.42. The SMILES string of the molecule is Cc1ccc(C(=O)NCC(=O)NCCCOCC(C)C)cc1C. The minimum absolute atomic E-state index is 0.0153. The number of aryl methyl sites for hydroxylation is 2. The maximum Gasteiger partial charge on any atom is 0.251 e. The zero-order chi connectivity index (χ0) is 17.2. The van der Waals surface area contributed by atoms with E-state index in [2.05, 4.69) is 24.5 Å². The number of nitrogens with one attached hydrogen (secondary N) is 2. The minimum atomic E-state index is -0.233. The molecule has 0 atom stereocenters. The lowest BCUT2D eigenvalue weighted by Crippen LogP contribution is -2.37. The van der Waals surface area contributed by atoms with Crippen molar-refractivity contribution in [3.63, 3.8) is 0 Å². The number of carbonyl (C=O) groups is 2. The fourth-order valence-electron chi connectivity index (χ4n) is 1.93. The van der Waals surface area contributed by atoms with Gasteiger partial charge in [0.1, 0.15) is 0 Å². The van der Waals surface area contributed by atoms with Crippen LogP contribution in [0.4, 0.5) is 0 Å². The first kappa shape index (κ1) is 19.2. The van der Waals surface area contributed by atoms with Crippen molar-refractivity contribution in [2.75, 3.05) is 26.3 Å². The lowest BCUT2D eigenvalue weighted by atomic mass is 10.1. The molecule has 2 N–H and O–H groups in total. The average Bonchev–Trinajstić information content (AvgIpc) is 2.50. The number of rotatable bonds is 9. The standard InChI is InChI=1S/C18H28N2O3/c1-13(2)12-23-9-5-8-19-17(21)11-20-18(22)16-7-6-14(3)15(4)10-16/h6-7,10,13H,5,8-9,11-12H2,1-4H3,(H,19,21)(H,20,22). The zero-order valence-electron chi connectivity index (χ0n) is 14.6. The van der Waals surface area contributed by atoms with Gasteiger partial charge in [-0.15, -0.1) is 0 Å². The molecule has 0 heterocycles. The molecule has 5 nitrogen and oxygen atoms in total. The van der Waals surface area contributed by atoms with Gasteiger partial charge in [0.2, 0.25) is 5.91 Å². The predicted molar refractivity (Wildman–Crippen MR) is 91.5 cm³/mol. The van der Waals surface area contributed by atoms with E-state index >= 15 is 0 Å². The van der Waals surface area contributed by atoms with Crippen molar-refractivity contribution >= 4 is 11.8 Å². The van der Waals surface area contributed by atoms with Gasteiger partial charge in [0.05, 0.1) is 6.54 Å². The smallest absolute Gasteiger partial charge is 0.251 e. The van der Waals surface area contributed by atoms with Gasteiger partial charge in [-0.2, -0.15) is 0 Å². The molecule has 0 aromatic heterocycles. The van der Waals surface area contributed by atoms with Crippen LogP contribution in [0.3, 0.4) is 0 Å². The van der Waals surface area contributed by atoms with E-state index < -0.39 is 0 Å². The van der Waals surface area contributed by atoms with Crippen LogP contribution >= 0.6 is 0 Å². The molecule has 0 aliphatic carbocycles. The van der Waals surface area contributed by atoms with E-state index in [4.69, 9.17) is 4.74 Å². The monoisotopic (exact) mass is 320 g/mol. The van der Waals surface area contributed by atoms with Crippen molar-refractivity contribution in [1.29, 1.82) is 0 Å². The van der Waals surface area contributed by atoms with Gasteiger partial charge in [0, 0.05) is 25.3 Å². The second-order valence-electron chi connectivity index (χ2n) is 6.15. The average molecular weight is 320 g/mol. The third kappa shape index (κ3) is 7.79. The van der Waals surface area contributed by atoms with E-state index in [0.717, 1.165) is 24.2 Å². The van der Waals surface area contributed by atoms with E-state index in [1.165, 1.54) is 0 Å². The molecule has 23 heavy (non-hydrogen) atoms. The summed E-state index contributed by atoms with van der Waals surface area (Å²) in [4.78, 5) is 23.7. The van der Waals surface area contributed by atoms with Crippen LogP contribution in [0.5, 0.6) is 0 Å². The Morgan fingerprint density at radius 2 is 1.87 bits per heavy atom. The van der Waals surface area contributed by atoms with Crippen LogP contribution in [-0.2, 0) is 9.53 Å². The molecule has 0 fully saturated rings. The second-order valence-corrected chi connectivity index (χ2v) is 6.15. The number of hydrogen-bond acceptors (Lipinski definition) is 3. The molecule has 0 aliphatic rings. The van der Waals surface area contributed by atoms with Crippen molar-refractivity contribution < 1.29 is 14.3 Å². The van der Waals surface area contributed by atoms with Crippen LogP contribution in [0, 0.1) is 19.8 Å². The quantitative estimate of drug-likeness (QED) is 0.686. The number of ether oxygens (including phenoxy) is 1. The topological polar surface area (TPSA) is 67.4 Å². The first-order chi connectivity index (χ1) is 10.9. The highest BCUT2D eigenvalue weighted by atomic mass is 16.5. The lowest BCUT2D eigenvalue weighted by Gasteiger charge is -2.09. The van der Waals surface area contributed by atoms with Crippen molar-refractivity contribution in [3.8, 4) is 0 Å². The molecule has 2 amide bonds. The molecular formula is C18H28N2O3. The molecular weight excluding hydrogens is 292 g/mol. The first-order valence-corrected chi connectivity index (χ1v) is 8.10. The summed E-state index contributed by atoms with van der Waals surface area (Å²) in [7, 11) is 0. The molecule has 5 heteroatoms. The summed E-state index contributed by atoms with van der Waals surface area (Å²) in [5.74, 6) is 0.0970. The summed E-state index contributed by atoms with van der Waals surface area (Å²) in [6.07, 6.45) is 0.767. The number of hydrogen-bond donors (Lipinski definition) is 2. The number of benzene rings is 1. The van der Waals surface area contributed by atoms with Crippen LogP contribution in [0.15, 0.2) is 18.2 Å². The Bertz CT molecular complexity index is 527. The summed E-state index contributed by atoms with van der Waals surface area (Å²) >= 11 is 0. The molecule has 0 radical (unpaired) electrons. The first-order valence-electron chi connectivity index (χ1n) is 8.10. The Kier molecular flexibility index (Phi) is 8.33. The van der Waals surface area contributed by atoms with Crippen molar-refractivity contribution in [2.24, 2.45) is 5.92 Å².